The minimum atomic E-state index is -0.365. The van der Waals surface area contributed by atoms with Gasteiger partial charge in [0.15, 0.2) is 5.79 Å². The molecule has 0 amide bonds. The SMILES string of the molecule is CC=C1CCC2C3CCC4=CC5(CCC4(C)C3CCC12C)OCCO5. The number of hydrogen-bond acceptors (Lipinski definition) is 2. The van der Waals surface area contributed by atoms with E-state index in [1.54, 1.807) is 11.1 Å². The summed E-state index contributed by atoms with van der Waals surface area (Å²) in [6.07, 6.45) is 15.4. The molecule has 1 aliphatic heterocycles. The van der Waals surface area contributed by atoms with Gasteiger partial charge in [0.25, 0.3) is 0 Å². The third-order valence-corrected chi connectivity index (χ3v) is 9.10. The average Bonchev–Trinajstić information content (AvgIpc) is 3.19. The Hall–Kier alpha value is -0.600. The zero-order valence-electron chi connectivity index (χ0n) is 16.3. The molecule has 0 N–H and O–H groups in total. The summed E-state index contributed by atoms with van der Waals surface area (Å²) in [6, 6.07) is 0. The molecular weight excluding hydrogens is 308 g/mol. The van der Waals surface area contributed by atoms with Gasteiger partial charge in [-0.05, 0) is 86.5 Å². The number of fused-ring (bicyclic) bond motifs is 5. The third kappa shape index (κ3) is 2.16. The highest BCUT2D eigenvalue weighted by Crippen LogP contribution is 2.67. The maximum atomic E-state index is 6.02. The largest absolute Gasteiger partial charge is 0.344 e. The summed E-state index contributed by atoms with van der Waals surface area (Å²) in [6.45, 7) is 8.95. The van der Waals surface area contributed by atoms with Gasteiger partial charge in [0.05, 0.1) is 13.2 Å². The molecule has 1 spiro atoms. The fourth-order valence-corrected chi connectivity index (χ4v) is 7.70. The van der Waals surface area contributed by atoms with E-state index in [9.17, 15) is 0 Å². The lowest BCUT2D eigenvalue weighted by atomic mass is 9.47. The van der Waals surface area contributed by atoms with Crippen LogP contribution in [0.5, 0.6) is 0 Å². The predicted molar refractivity (Wildman–Crippen MR) is 100 cm³/mol. The molecule has 0 aromatic rings. The molecule has 0 aromatic heterocycles. The molecule has 0 bridgehead atoms. The highest BCUT2D eigenvalue weighted by molar-refractivity contribution is 5.30. The second-order valence-corrected chi connectivity index (χ2v) is 9.82. The molecule has 4 aliphatic carbocycles. The van der Waals surface area contributed by atoms with Crippen LogP contribution in [0.25, 0.3) is 0 Å². The maximum absolute atomic E-state index is 6.02. The Kier molecular flexibility index (Phi) is 3.61. The molecule has 25 heavy (non-hydrogen) atoms. The highest BCUT2D eigenvalue weighted by atomic mass is 16.7. The van der Waals surface area contributed by atoms with Crippen LogP contribution in [0.2, 0.25) is 0 Å². The van der Waals surface area contributed by atoms with E-state index < -0.39 is 0 Å². The molecule has 4 fully saturated rings. The molecular formula is C23H34O2. The van der Waals surface area contributed by atoms with Gasteiger partial charge >= 0.3 is 0 Å². The Morgan fingerprint density at radius 3 is 2.44 bits per heavy atom. The first kappa shape index (κ1) is 16.6. The predicted octanol–water partition coefficient (Wildman–Crippen LogP) is 5.64. The lowest BCUT2D eigenvalue weighted by Gasteiger charge is -2.58. The minimum absolute atomic E-state index is 0.365. The van der Waals surface area contributed by atoms with E-state index in [0.29, 0.717) is 10.8 Å². The number of allylic oxidation sites excluding steroid dienone is 3. The van der Waals surface area contributed by atoms with Gasteiger partial charge in [0, 0.05) is 6.42 Å². The molecule has 3 saturated carbocycles. The summed E-state index contributed by atoms with van der Waals surface area (Å²) < 4.78 is 12.0. The monoisotopic (exact) mass is 342 g/mol. The first-order chi connectivity index (χ1) is 12.0. The van der Waals surface area contributed by atoms with Crippen LogP contribution >= 0.6 is 0 Å². The lowest BCUT2D eigenvalue weighted by molar-refractivity contribution is -0.142. The van der Waals surface area contributed by atoms with Gasteiger partial charge in [-0.15, -0.1) is 0 Å². The molecule has 0 radical (unpaired) electrons. The van der Waals surface area contributed by atoms with Crippen molar-refractivity contribution in [1.82, 2.24) is 0 Å². The summed E-state index contributed by atoms with van der Waals surface area (Å²) in [5.74, 6) is 2.36. The zero-order valence-corrected chi connectivity index (χ0v) is 16.3. The van der Waals surface area contributed by atoms with E-state index in [4.69, 9.17) is 9.47 Å². The summed E-state index contributed by atoms with van der Waals surface area (Å²) in [4.78, 5) is 0. The smallest absolute Gasteiger partial charge is 0.188 e. The number of hydrogen-bond donors (Lipinski definition) is 0. The summed E-state index contributed by atoms with van der Waals surface area (Å²) in [5, 5.41) is 0. The number of ether oxygens (including phenoxy) is 2. The van der Waals surface area contributed by atoms with E-state index in [-0.39, 0.29) is 5.79 Å². The van der Waals surface area contributed by atoms with E-state index in [1.165, 1.54) is 44.9 Å². The van der Waals surface area contributed by atoms with E-state index in [0.717, 1.165) is 37.4 Å². The Bertz CT molecular complexity index is 626. The molecule has 1 saturated heterocycles. The third-order valence-electron chi connectivity index (χ3n) is 9.10. The molecule has 138 valence electrons. The lowest BCUT2D eigenvalue weighted by Crippen LogP contribution is -2.51. The van der Waals surface area contributed by atoms with E-state index in [2.05, 4.69) is 32.9 Å². The summed E-state index contributed by atoms with van der Waals surface area (Å²) in [5.41, 5.74) is 4.32. The van der Waals surface area contributed by atoms with Crippen LogP contribution in [0.3, 0.4) is 0 Å². The van der Waals surface area contributed by atoms with Crippen molar-refractivity contribution in [2.75, 3.05) is 13.2 Å². The second kappa shape index (κ2) is 5.45. The van der Waals surface area contributed by atoms with Crippen molar-refractivity contribution in [2.24, 2.45) is 28.6 Å². The van der Waals surface area contributed by atoms with Crippen LogP contribution in [0.15, 0.2) is 23.3 Å². The molecule has 5 atom stereocenters. The van der Waals surface area contributed by atoms with Gasteiger partial charge in [0.1, 0.15) is 0 Å². The fourth-order valence-electron chi connectivity index (χ4n) is 7.70. The molecule has 2 heteroatoms. The van der Waals surface area contributed by atoms with Crippen molar-refractivity contribution < 1.29 is 9.47 Å². The Balaban J connectivity index is 1.47. The van der Waals surface area contributed by atoms with E-state index >= 15 is 0 Å². The van der Waals surface area contributed by atoms with Crippen LogP contribution in [-0.2, 0) is 9.47 Å². The molecule has 5 rings (SSSR count). The van der Waals surface area contributed by atoms with Gasteiger partial charge in [-0.3, -0.25) is 0 Å². The van der Waals surface area contributed by atoms with Crippen molar-refractivity contribution in [1.29, 1.82) is 0 Å². The molecule has 1 heterocycles. The van der Waals surface area contributed by atoms with Gasteiger partial charge in [-0.25, -0.2) is 0 Å². The topological polar surface area (TPSA) is 18.5 Å². The van der Waals surface area contributed by atoms with Crippen molar-refractivity contribution in [2.45, 2.75) is 77.9 Å². The maximum Gasteiger partial charge on any atom is 0.188 e. The molecule has 0 aromatic carbocycles. The van der Waals surface area contributed by atoms with Gasteiger partial charge < -0.3 is 9.47 Å². The summed E-state index contributed by atoms with van der Waals surface area (Å²) >= 11 is 0. The van der Waals surface area contributed by atoms with Gasteiger partial charge in [-0.1, -0.05) is 31.1 Å². The molecule has 5 unspecified atom stereocenters. The summed E-state index contributed by atoms with van der Waals surface area (Å²) in [7, 11) is 0. The molecule has 2 nitrogen and oxygen atoms in total. The normalized spacial score (nSPS) is 49.6. The average molecular weight is 343 g/mol. The quantitative estimate of drug-likeness (QED) is 0.530. The van der Waals surface area contributed by atoms with Crippen molar-refractivity contribution in [3.63, 3.8) is 0 Å². The van der Waals surface area contributed by atoms with Crippen LogP contribution in [0.1, 0.15) is 72.1 Å². The van der Waals surface area contributed by atoms with Crippen molar-refractivity contribution in [3.8, 4) is 0 Å². The standard InChI is InChI=1S/C23H34O2/c1-4-16-6-8-19-18-7-5-17-15-23(24-13-14-25-23)12-11-22(17,3)20(18)9-10-21(16,19)2/h4,15,18-20H,5-14H2,1-3H3. The van der Waals surface area contributed by atoms with Crippen molar-refractivity contribution >= 4 is 0 Å². The van der Waals surface area contributed by atoms with Crippen LogP contribution in [-0.4, -0.2) is 19.0 Å². The zero-order chi connectivity index (χ0) is 17.3. The molecule has 5 aliphatic rings. The minimum Gasteiger partial charge on any atom is -0.344 e. The van der Waals surface area contributed by atoms with Crippen LogP contribution < -0.4 is 0 Å². The van der Waals surface area contributed by atoms with Gasteiger partial charge in [0.2, 0.25) is 0 Å². The Morgan fingerprint density at radius 2 is 1.68 bits per heavy atom. The van der Waals surface area contributed by atoms with Crippen molar-refractivity contribution in [3.05, 3.63) is 23.3 Å². The highest BCUT2D eigenvalue weighted by Gasteiger charge is 2.58. The van der Waals surface area contributed by atoms with Crippen LogP contribution in [0.4, 0.5) is 0 Å². The van der Waals surface area contributed by atoms with Crippen LogP contribution in [0, 0.1) is 28.6 Å². The van der Waals surface area contributed by atoms with Gasteiger partial charge in [-0.2, -0.15) is 0 Å². The Labute approximate surface area is 153 Å². The second-order valence-electron chi connectivity index (χ2n) is 9.82. The first-order valence-corrected chi connectivity index (χ1v) is 10.7. The van der Waals surface area contributed by atoms with E-state index in [1.807, 2.05) is 0 Å². The number of rotatable bonds is 0. The Morgan fingerprint density at radius 1 is 0.920 bits per heavy atom. The first-order valence-electron chi connectivity index (χ1n) is 10.7. The fraction of sp³-hybridized carbons (Fsp3) is 0.826.